The largest absolute Gasteiger partial charge is 0.301 e. The van der Waals surface area contributed by atoms with Gasteiger partial charge in [-0.1, -0.05) is 12.1 Å². The molecule has 0 atom stereocenters. The van der Waals surface area contributed by atoms with E-state index in [1.54, 1.807) is 6.07 Å². The molecule has 1 fully saturated rings. The number of para-hydroxylation sites is 1. The van der Waals surface area contributed by atoms with Crippen LogP contribution in [0.5, 0.6) is 0 Å². The Bertz CT molecular complexity index is 557. The van der Waals surface area contributed by atoms with E-state index in [4.69, 9.17) is 12.2 Å². The van der Waals surface area contributed by atoms with E-state index in [1.807, 2.05) is 0 Å². The van der Waals surface area contributed by atoms with E-state index in [2.05, 4.69) is 5.32 Å². The lowest BCUT2D eigenvalue weighted by molar-refractivity contribution is -0.139. The number of benzene rings is 1. The number of nitrogens with one attached hydrogen (secondary N) is 1. The Hall–Kier alpha value is -1.82. The highest BCUT2D eigenvalue weighted by Crippen LogP contribution is 2.29. The van der Waals surface area contributed by atoms with Gasteiger partial charge in [0.05, 0.1) is 5.69 Å². The molecule has 4 nitrogen and oxygen atoms in total. The van der Waals surface area contributed by atoms with Crippen LogP contribution in [0.25, 0.3) is 0 Å². The molecule has 0 radical (unpaired) electrons. The first kappa shape index (κ1) is 12.6. The second kappa shape index (κ2) is 4.13. The summed E-state index contributed by atoms with van der Waals surface area (Å²) < 4.78 is 13.7. The minimum Gasteiger partial charge on any atom is -0.301 e. The zero-order valence-corrected chi connectivity index (χ0v) is 10.7. The number of thiocarbonyl (C=S) groups is 1. The second-order valence-corrected chi connectivity index (χ2v) is 4.86. The number of anilines is 1. The summed E-state index contributed by atoms with van der Waals surface area (Å²) in [6.07, 6.45) is 0. The summed E-state index contributed by atoms with van der Waals surface area (Å²) >= 11 is 4.93. The summed E-state index contributed by atoms with van der Waals surface area (Å²) in [4.78, 5) is 24.9. The summed E-state index contributed by atoms with van der Waals surface area (Å²) in [5, 5.41) is 2.30. The predicted octanol–water partition coefficient (Wildman–Crippen LogP) is 1.60. The van der Waals surface area contributed by atoms with E-state index in [9.17, 15) is 14.0 Å². The predicted molar refractivity (Wildman–Crippen MR) is 68.4 cm³/mol. The van der Waals surface area contributed by atoms with Crippen molar-refractivity contribution in [3.05, 3.63) is 30.1 Å². The summed E-state index contributed by atoms with van der Waals surface area (Å²) in [6.45, 7) is 2.95. The van der Waals surface area contributed by atoms with Crippen LogP contribution in [0.15, 0.2) is 24.3 Å². The van der Waals surface area contributed by atoms with Crippen molar-refractivity contribution in [2.24, 2.45) is 5.41 Å². The van der Waals surface area contributed by atoms with Crippen molar-refractivity contribution in [1.82, 2.24) is 5.32 Å². The third kappa shape index (κ3) is 1.78. The number of halogens is 1. The van der Waals surface area contributed by atoms with Gasteiger partial charge in [0, 0.05) is 0 Å². The van der Waals surface area contributed by atoms with Crippen LogP contribution in [-0.2, 0) is 9.59 Å². The standard InChI is InChI=1S/C12H11FN2O2S/c1-12(2)9(16)14-11(18)15(10(12)17)8-6-4-3-5-7(8)13/h3-6H,1-2H3,(H,14,16,18). The minimum absolute atomic E-state index is 0.0422. The van der Waals surface area contributed by atoms with Gasteiger partial charge in [-0.15, -0.1) is 0 Å². The lowest BCUT2D eigenvalue weighted by Gasteiger charge is -2.36. The van der Waals surface area contributed by atoms with Gasteiger partial charge in [-0.2, -0.15) is 0 Å². The number of carbonyl (C=O) groups excluding carboxylic acids is 2. The second-order valence-electron chi connectivity index (χ2n) is 4.48. The molecule has 1 aromatic carbocycles. The van der Waals surface area contributed by atoms with Crippen molar-refractivity contribution in [2.75, 3.05) is 4.90 Å². The Kier molecular flexibility index (Phi) is 2.90. The number of hydrogen-bond acceptors (Lipinski definition) is 3. The first-order valence-corrected chi connectivity index (χ1v) is 5.71. The van der Waals surface area contributed by atoms with E-state index in [0.29, 0.717) is 0 Å². The van der Waals surface area contributed by atoms with Gasteiger partial charge < -0.3 is 5.32 Å². The van der Waals surface area contributed by atoms with Crippen molar-refractivity contribution in [3.8, 4) is 0 Å². The number of amides is 2. The molecule has 1 saturated heterocycles. The van der Waals surface area contributed by atoms with Gasteiger partial charge >= 0.3 is 0 Å². The quantitative estimate of drug-likeness (QED) is 0.620. The molecule has 0 unspecified atom stereocenters. The minimum atomic E-state index is -1.27. The average Bonchev–Trinajstić information content (AvgIpc) is 2.30. The van der Waals surface area contributed by atoms with Crippen LogP contribution in [-0.4, -0.2) is 16.9 Å². The highest BCUT2D eigenvalue weighted by atomic mass is 32.1. The van der Waals surface area contributed by atoms with Crippen molar-refractivity contribution < 1.29 is 14.0 Å². The van der Waals surface area contributed by atoms with Crippen LogP contribution < -0.4 is 10.2 Å². The SMILES string of the molecule is CC1(C)C(=O)NC(=S)N(c2ccccc2F)C1=O. The normalized spacial score (nSPS) is 18.8. The number of carbonyl (C=O) groups is 2. The first-order valence-electron chi connectivity index (χ1n) is 5.30. The average molecular weight is 266 g/mol. The Labute approximate surface area is 109 Å². The molecule has 6 heteroatoms. The van der Waals surface area contributed by atoms with Crippen molar-refractivity contribution >= 4 is 34.8 Å². The molecule has 0 aliphatic carbocycles. The molecule has 1 aliphatic rings. The summed E-state index contributed by atoms with van der Waals surface area (Å²) in [7, 11) is 0. The summed E-state index contributed by atoms with van der Waals surface area (Å²) in [6, 6.07) is 5.78. The van der Waals surface area contributed by atoms with E-state index >= 15 is 0 Å². The van der Waals surface area contributed by atoms with Gasteiger partial charge in [0.25, 0.3) is 0 Å². The molecule has 0 saturated carbocycles. The van der Waals surface area contributed by atoms with Gasteiger partial charge in [0.1, 0.15) is 11.2 Å². The van der Waals surface area contributed by atoms with Gasteiger partial charge in [-0.05, 0) is 38.2 Å². The molecular weight excluding hydrogens is 255 g/mol. The Morgan fingerprint density at radius 2 is 1.89 bits per heavy atom. The maximum Gasteiger partial charge on any atom is 0.248 e. The van der Waals surface area contributed by atoms with Crippen molar-refractivity contribution in [1.29, 1.82) is 0 Å². The number of nitrogens with zero attached hydrogens (tertiary/aromatic N) is 1. The fraction of sp³-hybridized carbons (Fsp3) is 0.250. The Morgan fingerprint density at radius 3 is 2.50 bits per heavy atom. The molecule has 0 bridgehead atoms. The molecule has 2 rings (SSSR count). The third-order valence-electron chi connectivity index (χ3n) is 2.82. The van der Waals surface area contributed by atoms with Crippen LogP contribution in [0.1, 0.15) is 13.8 Å². The van der Waals surface area contributed by atoms with Gasteiger partial charge in [0.15, 0.2) is 5.11 Å². The van der Waals surface area contributed by atoms with Gasteiger partial charge in [-0.3, -0.25) is 14.5 Å². The molecule has 0 spiro atoms. The van der Waals surface area contributed by atoms with E-state index < -0.39 is 23.0 Å². The zero-order chi connectivity index (χ0) is 13.5. The maximum absolute atomic E-state index is 13.7. The van der Waals surface area contributed by atoms with Crippen LogP contribution in [0.4, 0.5) is 10.1 Å². The van der Waals surface area contributed by atoms with Crippen LogP contribution in [0.2, 0.25) is 0 Å². The smallest absolute Gasteiger partial charge is 0.248 e. The monoisotopic (exact) mass is 266 g/mol. The molecule has 18 heavy (non-hydrogen) atoms. The molecule has 1 N–H and O–H groups in total. The van der Waals surface area contributed by atoms with Crippen molar-refractivity contribution in [3.63, 3.8) is 0 Å². The van der Waals surface area contributed by atoms with Gasteiger partial charge in [-0.25, -0.2) is 4.39 Å². The zero-order valence-electron chi connectivity index (χ0n) is 9.86. The molecule has 1 aliphatic heterocycles. The first-order chi connectivity index (χ1) is 8.35. The van der Waals surface area contributed by atoms with Crippen LogP contribution >= 0.6 is 12.2 Å². The van der Waals surface area contributed by atoms with E-state index in [0.717, 1.165) is 4.90 Å². The topological polar surface area (TPSA) is 49.4 Å². The lowest BCUT2D eigenvalue weighted by Crippen LogP contribution is -2.62. The number of hydrogen-bond donors (Lipinski definition) is 1. The Morgan fingerprint density at radius 1 is 1.28 bits per heavy atom. The third-order valence-corrected chi connectivity index (χ3v) is 3.11. The summed E-state index contributed by atoms with van der Waals surface area (Å²) in [5.41, 5.74) is -1.23. The summed E-state index contributed by atoms with van der Waals surface area (Å²) in [5.74, 6) is -1.59. The highest BCUT2D eigenvalue weighted by Gasteiger charge is 2.46. The van der Waals surface area contributed by atoms with Crippen molar-refractivity contribution in [2.45, 2.75) is 13.8 Å². The highest BCUT2D eigenvalue weighted by molar-refractivity contribution is 7.80. The van der Waals surface area contributed by atoms with Crippen LogP contribution in [0, 0.1) is 11.2 Å². The number of rotatable bonds is 1. The molecular formula is C12H11FN2O2S. The molecule has 94 valence electrons. The molecule has 1 aromatic rings. The van der Waals surface area contributed by atoms with E-state index in [1.165, 1.54) is 32.0 Å². The molecule has 2 amide bonds. The molecule has 1 heterocycles. The maximum atomic E-state index is 13.7. The fourth-order valence-corrected chi connectivity index (χ4v) is 1.90. The lowest BCUT2D eigenvalue weighted by atomic mass is 9.88. The fourth-order valence-electron chi connectivity index (χ4n) is 1.63. The van der Waals surface area contributed by atoms with Gasteiger partial charge in [0.2, 0.25) is 11.8 Å². The van der Waals surface area contributed by atoms with E-state index in [-0.39, 0.29) is 10.8 Å². The Balaban J connectivity index is 2.51. The molecule has 0 aromatic heterocycles. The van der Waals surface area contributed by atoms with Crippen LogP contribution in [0.3, 0.4) is 0 Å².